The summed E-state index contributed by atoms with van der Waals surface area (Å²) in [4.78, 5) is 28.3. The van der Waals surface area contributed by atoms with Gasteiger partial charge in [0.05, 0.1) is 0 Å². The Morgan fingerprint density at radius 1 is 1.08 bits per heavy atom. The van der Waals surface area contributed by atoms with E-state index >= 15 is 0 Å². The molecule has 0 bridgehead atoms. The quantitative estimate of drug-likeness (QED) is 0.922. The van der Waals surface area contributed by atoms with Gasteiger partial charge in [0.2, 0.25) is 5.91 Å². The Balaban J connectivity index is 1.41. The highest BCUT2D eigenvalue weighted by molar-refractivity contribution is 5.80. The molecule has 1 atom stereocenters. The van der Waals surface area contributed by atoms with Gasteiger partial charge in [0.15, 0.2) is 0 Å². The SMILES string of the molecule is CC(CNC(=O)N1CCN(C(=O)C2CCC2)CC1)c1ccccc1. The zero-order chi connectivity index (χ0) is 16.9. The first kappa shape index (κ1) is 16.8. The minimum atomic E-state index is -0.0199. The van der Waals surface area contributed by atoms with E-state index in [0.29, 0.717) is 38.6 Å². The highest BCUT2D eigenvalue weighted by Gasteiger charge is 2.32. The molecule has 5 heteroatoms. The van der Waals surface area contributed by atoms with Gasteiger partial charge in [-0.25, -0.2) is 4.79 Å². The van der Waals surface area contributed by atoms with Gasteiger partial charge in [0, 0.05) is 38.6 Å². The van der Waals surface area contributed by atoms with Crippen molar-refractivity contribution in [1.29, 1.82) is 0 Å². The second-order valence-corrected chi connectivity index (χ2v) is 6.94. The lowest BCUT2D eigenvalue weighted by molar-refractivity contribution is -0.139. The molecule has 1 aromatic rings. The molecule has 0 spiro atoms. The predicted molar refractivity (Wildman–Crippen MR) is 93.7 cm³/mol. The summed E-state index contributed by atoms with van der Waals surface area (Å²) in [5, 5.41) is 3.02. The van der Waals surface area contributed by atoms with Crippen LogP contribution in [0, 0.1) is 5.92 Å². The monoisotopic (exact) mass is 329 g/mol. The van der Waals surface area contributed by atoms with Crippen molar-refractivity contribution in [1.82, 2.24) is 15.1 Å². The first-order chi connectivity index (χ1) is 11.6. The molecule has 24 heavy (non-hydrogen) atoms. The number of amides is 3. The van der Waals surface area contributed by atoms with E-state index in [0.717, 1.165) is 12.8 Å². The van der Waals surface area contributed by atoms with Crippen LogP contribution in [-0.2, 0) is 4.79 Å². The van der Waals surface area contributed by atoms with Crippen LogP contribution in [0.5, 0.6) is 0 Å². The number of nitrogens with zero attached hydrogens (tertiary/aromatic N) is 2. The van der Waals surface area contributed by atoms with Gasteiger partial charge in [-0.15, -0.1) is 0 Å². The van der Waals surface area contributed by atoms with Crippen LogP contribution in [0.4, 0.5) is 4.79 Å². The van der Waals surface area contributed by atoms with E-state index in [1.165, 1.54) is 12.0 Å². The van der Waals surface area contributed by atoms with E-state index in [-0.39, 0.29) is 17.9 Å². The van der Waals surface area contributed by atoms with Crippen molar-refractivity contribution >= 4 is 11.9 Å². The number of carbonyl (C=O) groups is 2. The molecule has 3 rings (SSSR count). The van der Waals surface area contributed by atoms with Crippen molar-refractivity contribution in [3.63, 3.8) is 0 Å². The molecule has 2 fully saturated rings. The first-order valence-corrected chi connectivity index (χ1v) is 9.01. The molecular weight excluding hydrogens is 302 g/mol. The summed E-state index contributed by atoms with van der Waals surface area (Å²) in [6.45, 7) is 5.33. The Kier molecular flexibility index (Phi) is 5.38. The minimum Gasteiger partial charge on any atom is -0.339 e. The topological polar surface area (TPSA) is 52.7 Å². The summed E-state index contributed by atoms with van der Waals surface area (Å²) in [6.07, 6.45) is 3.26. The van der Waals surface area contributed by atoms with Gasteiger partial charge in [-0.05, 0) is 24.3 Å². The van der Waals surface area contributed by atoms with E-state index < -0.39 is 0 Å². The molecular formula is C19H27N3O2. The Bertz CT molecular complexity index is 563. The summed E-state index contributed by atoms with van der Waals surface area (Å²) in [6, 6.07) is 10.2. The van der Waals surface area contributed by atoms with Crippen LogP contribution in [0.15, 0.2) is 30.3 Å². The van der Waals surface area contributed by atoms with Crippen molar-refractivity contribution < 1.29 is 9.59 Å². The van der Waals surface area contributed by atoms with Crippen LogP contribution in [0.25, 0.3) is 0 Å². The largest absolute Gasteiger partial charge is 0.339 e. The van der Waals surface area contributed by atoms with Gasteiger partial charge in [-0.1, -0.05) is 43.7 Å². The Morgan fingerprint density at radius 2 is 1.71 bits per heavy atom. The third kappa shape index (κ3) is 3.89. The number of nitrogens with one attached hydrogen (secondary N) is 1. The van der Waals surface area contributed by atoms with Gasteiger partial charge in [0.1, 0.15) is 0 Å². The van der Waals surface area contributed by atoms with Crippen LogP contribution < -0.4 is 5.32 Å². The molecule has 1 saturated carbocycles. The summed E-state index contributed by atoms with van der Waals surface area (Å²) >= 11 is 0. The minimum absolute atomic E-state index is 0.0199. The van der Waals surface area contributed by atoms with E-state index in [1.807, 2.05) is 28.0 Å². The number of hydrogen-bond donors (Lipinski definition) is 1. The fraction of sp³-hybridized carbons (Fsp3) is 0.579. The molecule has 1 saturated heterocycles. The molecule has 0 radical (unpaired) electrons. The third-order valence-electron chi connectivity index (χ3n) is 5.26. The van der Waals surface area contributed by atoms with Crippen LogP contribution in [0.2, 0.25) is 0 Å². The van der Waals surface area contributed by atoms with Crippen LogP contribution in [-0.4, -0.2) is 54.5 Å². The fourth-order valence-corrected chi connectivity index (χ4v) is 3.29. The number of carbonyl (C=O) groups excluding carboxylic acids is 2. The standard InChI is InChI=1S/C19H27N3O2/c1-15(16-6-3-2-4-7-16)14-20-19(24)22-12-10-21(11-13-22)18(23)17-8-5-9-17/h2-4,6-7,15,17H,5,8-14H2,1H3,(H,20,24). The summed E-state index contributed by atoms with van der Waals surface area (Å²) in [7, 11) is 0. The van der Waals surface area contributed by atoms with Crippen molar-refractivity contribution in [3.8, 4) is 0 Å². The van der Waals surface area contributed by atoms with E-state index in [2.05, 4.69) is 24.4 Å². The second-order valence-electron chi connectivity index (χ2n) is 6.94. The van der Waals surface area contributed by atoms with Crippen molar-refractivity contribution in [3.05, 3.63) is 35.9 Å². The van der Waals surface area contributed by atoms with Gasteiger partial charge in [-0.2, -0.15) is 0 Å². The first-order valence-electron chi connectivity index (χ1n) is 9.01. The molecule has 2 aliphatic rings. The molecule has 1 aliphatic heterocycles. The second kappa shape index (κ2) is 7.69. The predicted octanol–water partition coefficient (Wildman–Crippen LogP) is 2.44. The zero-order valence-corrected chi connectivity index (χ0v) is 14.4. The van der Waals surface area contributed by atoms with E-state index in [9.17, 15) is 9.59 Å². The van der Waals surface area contributed by atoms with Crippen molar-refractivity contribution in [2.45, 2.75) is 32.1 Å². The molecule has 3 amide bonds. The highest BCUT2D eigenvalue weighted by Crippen LogP contribution is 2.28. The Labute approximate surface area is 144 Å². The van der Waals surface area contributed by atoms with Crippen LogP contribution >= 0.6 is 0 Å². The summed E-state index contributed by atoms with van der Waals surface area (Å²) < 4.78 is 0. The van der Waals surface area contributed by atoms with Gasteiger partial charge < -0.3 is 15.1 Å². The number of rotatable bonds is 4. The molecule has 130 valence electrons. The number of benzene rings is 1. The van der Waals surface area contributed by atoms with Gasteiger partial charge in [-0.3, -0.25) is 4.79 Å². The molecule has 5 nitrogen and oxygen atoms in total. The average Bonchev–Trinajstić information content (AvgIpc) is 2.58. The zero-order valence-electron chi connectivity index (χ0n) is 14.4. The Morgan fingerprint density at radius 3 is 2.29 bits per heavy atom. The lowest BCUT2D eigenvalue weighted by Gasteiger charge is -2.38. The van der Waals surface area contributed by atoms with E-state index in [1.54, 1.807) is 0 Å². The third-order valence-corrected chi connectivity index (χ3v) is 5.26. The molecule has 1 N–H and O–H groups in total. The lowest BCUT2D eigenvalue weighted by atomic mass is 9.84. The van der Waals surface area contributed by atoms with E-state index in [4.69, 9.17) is 0 Å². The normalized spacial score (nSPS) is 19.5. The van der Waals surface area contributed by atoms with Gasteiger partial charge >= 0.3 is 6.03 Å². The number of piperazine rings is 1. The number of hydrogen-bond acceptors (Lipinski definition) is 2. The lowest BCUT2D eigenvalue weighted by Crippen LogP contribution is -2.54. The summed E-state index contributed by atoms with van der Waals surface area (Å²) in [5.41, 5.74) is 1.23. The maximum absolute atomic E-state index is 12.3. The average molecular weight is 329 g/mol. The van der Waals surface area contributed by atoms with Crippen molar-refractivity contribution in [2.75, 3.05) is 32.7 Å². The van der Waals surface area contributed by atoms with Crippen LogP contribution in [0.1, 0.15) is 37.7 Å². The Hall–Kier alpha value is -2.04. The molecule has 1 heterocycles. The molecule has 1 unspecified atom stereocenters. The molecule has 1 aliphatic carbocycles. The fourth-order valence-electron chi connectivity index (χ4n) is 3.29. The summed E-state index contributed by atoms with van der Waals surface area (Å²) in [5.74, 6) is 0.827. The molecule has 1 aromatic carbocycles. The maximum Gasteiger partial charge on any atom is 0.317 e. The molecule has 0 aromatic heterocycles. The maximum atomic E-state index is 12.3. The smallest absolute Gasteiger partial charge is 0.317 e. The van der Waals surface area contributed by atoms with Gasteiger partial charge in [0.25, 0.3) is 0 Å². The van der Waals surface area contributed by atoms with Crippen molar-refractivity contribution in [2.24, 2.45) is 5.92 Å². The number of urea groups is 1. The van der Waals surface area contributed by atoms with Crippen LogP contribution in [0.3, 0.4) is 0 Å². The highest BCUT2D eigenvalue weighted by atomic mass is 16.2.